The lowest BCUT2D eigenvalue weighted by Gasteiger charge is -2.07. The van der Waals surface area contributed by atoms with Crippen LogP contribution in [0.4, 0.5) is 0 Å². The summed E-state index contributed by atoms with van der Waals surface area (Å²) in [5.74, 6) is -0.371. The third-order valence-corrected chi connectivity index (χ3v) is 2.42. The molecule has 1 fully saturated rings. The zero-order valence-electron chi connectivity index (χ0n) is 8.40. The van der Waals surface area contributed by atoms with Crippen LogP contribution in [0.25, 0.3) is 0 Å². The van der Waals surface area contributed by atoms with Gasteiger partial charge in [-0.3, -0.25) is 4.68 Å². The summed E-state index contributed by atoms with van der Waals surface area (Å²) in [6.45, 7) is 2.55. The number of epoxide rings is 1. The van der Waals surface area contributed by atoms with E-state index in [2.05, 4.69) is 9.84 Å². The van der Waals surface area contributed by atoms with Crippen LogP contribution in [0.1, 0.15) is 23.0 Å². The van der Waals surface area contributed by atoms with Crippen LogP contribution < -0.4 is 0 Å². The molecule has 2 rings (SSSR count). The van der Waals surface area contributed by atoms with Crippen molar-refractivity contribution in [1.29, 1.82) is 0 Å². The minimum Gasteiger partial charge on any atom is -0.465 e. The van der Waals surface area contributed by atoms with E-state index >= 15 is 0 Å². The first-order valence-corrected chi connectivity index (χ1v) is 4.33. The molecule has 1 aliphatic heterocycles. The predicted molar refractivity (Wildman–Crippen MR) is 47.9 cm³/mol. The van der Waals surface area contributed by atoms with Gasteiger partial charge in [0.25, 0.3) is 0 Å². The minimum absolute atomic E-state index is 0.366. The Morgan fingerprint density at radius 3 is 2.93 bits per heavy atom. The maximum Gasteiger partial charge on any atom is 0.341 e. The quantitative estimate of drug-likeness (QED) is 0.509. The molecule has 1 aromatic heterocycles. The molecule has 0 amide bonds. The molecule has 1 unspecified atom stereocenters. The Balaban J connectivity index is 2.46. The van der Waals surface area contributed by atoms with Gasteiger partial charge < -0.3 is 9.47 Å². The first kappa shape index (κ1) is 9.21. The zero-order chi connectivity index (χ0) is 10.3. The lowest BCUT2D eigenvalue weighted by molar-refractivity contribution is 0.0597. The van der Waals surface area contributed by atoms with Crippen LogP contribution in [0.15, 0.2) is 6.20 Å². The summed E-state index contributed by atoms with van der Waals surface area (Å²) < 4.78 is 11.6. The van der Waals surface area contributed by atoms with E-state index in [-0.39, 0.29) is 11.6 Å². The van der Waals surface area contributed by atoms with Crippen molar-refractivity contribution in [3.8, 4) is 0 Å². The molecule has 0 N–H and O–H groups in total. The van der Waals surface area contributed by atoms with E-state index in [9.17, 15) is 4.79 Å². The highest BCUT2D eigenvalue weighted by Gasteiger charge is 2.46. The van der Waals surface area contributed by atoms with Crippen molar-refractivity contribution >= 4 is 5.97 Å². The second-order valence-corrected chi connectivity index (χ2v) is 3.54. The number of hydrogen-bond donors (Lipinski definition) is 0. The summed E-state index contributed by atoms with van der Waals surface area (Å²) >= 11 is 0. The van der Waals surface area contributed by atoms with E-state index in [1.807, 2.05) is 6.92 Å². The van der Waals surface area contributed by atoms with Crippen LogP contribution in [0.2, 0.25) is 0 Å². The monoisotopic (exact) mass is 196 g/mol. The predicted octanol–water partition coefficient (Wildman–Crippen LogP) is 0.452. The van der Waals surface area contributed by atoms with E-state index in [0.29, 0.717) is 12.2 Å². The van der Waals surface area contributed by atoms with Gasteiger partial charge in [-0.1, -0.05) is 0 Å². The van der Waals surface area contributed by atoms with Gasteiger partial charge in [-0.2, -0.15) is 5.10 Å². The first-order chi connectivity index (χ1) is 6.58. The van der Waals surface area contributed by atoms with Crippen LogP contribution in [0.3, 0.4) is 0 Å². The molecule has 5 nitrogen and oxygen atoms in total. The molecule has 5 heteroatoms. The summed E-state index contributed by atoms with van der Waals surface area (Å²) in [6.07, 6.45) is 1.51. The number of hydrogen-bond acceptors (Lipinski definition) is 4. The normalized spacial score (nSPS) is 24.8. The lowest BCUT2D eigenvalue weighted by Crippen LogP contribution is -2.15. The molecule has 0 aromatic carbocycles. The Bertz CT molecular complexity index is 379. The largest absolute Gasteiger partial charge is 0.465 e. The maximum absolute atomic E-state index is 11.4. The molecule has 0 spiro atoms. The number of aryl methyl sites for hydroxylation is 1. The third-order valence-electron chi connectivity index (χ3n) is 2.42. The number of ether oxygens (including phenoxy) is 2. The van der Waals surface area contributed by atoms with Crippen LogP contribution >= 0.6 is 0 Å². The molecule has 1 saturated heterocycles. The highest BCUT2D eigenvalue weighted by Crippen LogP contribution is 2.39. The third kappa shape index (κ3) is 1.21. The SMILES string of the molecule is COC(=O)c1cnn(C)c1C1(C)CO1. The number of rotatable bonds is 2. The fraction of sp³-hybridized carbons (Fsp3) is 0.556. The van der Waals surface area contributed by atoms with Crippen molar-refractivity contribution in [2.45, 2.75) is 12.5 Å². The Labute approximate surface area is 81.6 Å². The zero-order valence-corrected chi connectivity index (χ0v) is 8.40. The molecular formula is C9H12N2O3. The van der Waals surface area contributed by atoms with E-state index in [1.54, 1.807) is 11.7 Å². The summed E-state index contributed by atoms with van der Waals surface area (Å²) in [7, 11) is 3.14. The fourth-order valence-electron chi connectivity index (χ4n) is 1.57. The molecule has 1 aliphatic rings. The van der Waals surface area contributed by atoms with E-state index < -0.39 is 0 Å². The minimum atomic E-state index is -0.371. The van der Waals surface area contributed by atoms with Gasteiger partial charge >= 0.3 is 5.97 Å². The van der Waals surface area contributed by atoms with Gasteiger partial charge in [-0.25, -0.2) is 4.79 Å². The molecule has 0 saturated carbocycles. The molecule has 0 aliphatic carbocycles. The number of aromatic nitrogens is 2. The molecule has 0 bridgehead atoms. The Morgan fingerprint density at radius 1 is 1.79 bits per heavy atom. The van der Waals surface area contributed by atoms with Crippen LogP contribution in [-0.4, -0.2) is 29.5 Å². The lowest BCUT2D eigenvalue weighted by atomic mass is 10.1. The van der Waals surface area contributed by atoms with Gasteiger partial charge in [0.2, 0.25) is 0 Å². The number of carbonyl (C=O) groups is 1. The van der Waals surface area contributed by atoms with Crippen LogP contribution in [-0.2, 0) is 22.1 Å². The average molecular weight is 196 g/mol. The van der Waals surface area contributed by atoms with Crippen LogP contribution in [0.5, 0.6) is 0 Å². The molecule has 14 heavy (non-hydrogen) atoms. The van der Waals surface area contributed by atoms with Crippen molar-refractivity contribution < 1.29 is 14.3 Å². The fourth-order valence-corrected chi connectivity index (χ4v) is 1.57. The van der Waals surface area contributed by atoms with Gasteiger partial charge in [-0.05, 0) is 6.92 Å². The molecule has 1 atom stereocenters. The number of esters is 1. The van der Waals surface area contributed by atoms with E-state index in [1.165, 1.54) is 13.3 Å². The first-order valence-electron chi connectivity index (χ1n) is 4.33. The summed E-state index contributed by atoms with van der Waals surface area (Å²) in [5.41, 5.74) is 0.897. The number of carbonyl (C=O) groups excluding carboxylic acids is 1. The second kappa shape index (κ2) is 2.81. The Kier molecular flexibility index (Phi) is 1.85. The number of methoxy groups -OCH3 is 1. The van der Waals surface area contributed by atoms with Crippen molar-refractivity contribution in [2.75, 3.05) is 13.7 Å². The van der Waals surface area contributed by atoms with Crippen molar-refractivity contribution in [2.24, 2.45) is 7.05 Å². The molecule has 2 heterocycles. The number of nitrogens with zero attached hydrogens (tertiary/aromatic N) is 2. The standard InChI is InChI=1S/C9H12N2O3/c1-9(5-14-9)7-6(8(12)13-3)4-10-11(7)2/h4H,5H2,1-3H3. The van der Waals surface area contributed by atoms with Gasteiger partial charge in [0.1, 0.15) is 11.2 Å². The van der Waals surface area contributed by atoms with Gasteiger partial charge in [0.05, 0.1) is 25.6 Å². The molecule has 1 aromatic rings. The van der Waals surface area contributed by atoms with E-state index in [0.717, 1.165) is 5.69 Å². The topological polar surface area (TPSA) is 56.6 Å². The highest BCUT2D eigenvalue weighted by molar-refractivity contribution is 5.90. The Morgan fingerprint density at radius 2 is 2.43 bits per heavy atom. The molecular weight excluding hydrogens is 184 g/mol. The summed E-state index contributed by atoms with van der Waals surface area (Å²) in [4.78, 5) is 11.4. The Hall–Kier alpha value is -1.36. The highest BCUT2D eigenvalue weighted by atomic mass is 16.6. The smallest absolute Gasteiger partial charge is 0.341 e. The summed E-state index contributed by atoms with van der Waals surface area (Å²) in [6, 6.07) is 0. The summed E-state index contributed by atoms with van der Waals surface area (Å²) in [5, 5.41) is 4.03. The van der Waals surface area contributed by atoms with Gasteiger partial charge in [-0.15, -0.1) is 0 Å². The molecule has 76 valence electrons. The van der Waals surface area contributed by atoms with Crippen molar-refractivity contribution in [3.63, 3.8) is 0 Å². The average Bonchev–Trinajstić information content (AvgIpc) is 2.76. The maximum atomic E-state index is 11.4. The van der Waals surface area contributed by atoms with Gasteiger partial charge in [0, 0.05) is 7.05 Å². The van der Waals surface area contributed by atoms with E-state index in [4.69, 9.17) is 4.74 Å². The van der Waals surface area contributed by atoms with Gasteiger partial charge in [0.15, 0.2) is 0 Å². The van der Waals surface area contributed by atoms with Crippen molar-refractivity contribution in [3.05, 3.63) is 17.5 Å². The second-order valence-electron chi connectivity index (χ2n) is 3.54. The van der Waals surface area contributed by atoms with Crippen LogP contribution in [0, 0.1) is 0 Å². The van der Waals surface area contributed by atoms with Crippen molar-refractivity contribution in [1.82, 2.24) is 9.78 Å². The molecule has 0 radical (unpaired) electrons.